The van der Waals surface area contributed by atoms with E-state index in [1.54, 1.807) is 31.2 Å². The fourth-order valence-electron chi connectivity index (χ4n) is 4.77. The van der Waals surface area contributed by atoms with Crippen LogP contribution in [-0.4, -0.2) is 38.5 Å². The Labute approximate surface area is 224 Å². The highest BCUT2D eigenvalue weighted by atomic mass is 19.1. The molecule has 0 fully saturated rings. The summed E-state index contributed by atoms with van der Waals surface area (Å²) in [5.74, 6) is -1.06. The van der Waals surface area contributed by atoms with Crippen LogP contribution in [-0.2, 0) is 15.8 Å². The number of phenolic OH excluding ortho intramolecular Hbond substituents is 1. The molecule has 9 heteroatoms. The smallest absolute Gasteiger partial charge is 0.231 e. The normalized spacial score (nSPS) is 17.9. The minimum atomic E-state index is -1.59. The van der Waals surface area contributed by atoms with Crippen molar-refractivity contribution in [1.82, 2.24) is 9.97 Å². The second kappa shape index (κ2) is 9.43. The number of hydrogen-bond donors (Lipinski definition) is 3. The summed E-state index contributed by atoms with van der Waals surface area (Å²) in [5.41, 5.74) is 5.97. The highest BCUT2D eigenvalue weighted by molar-refractivity contribution is 6.01. The Morgan fingerprint density at radius 3 is 2.54 bits per heavy atom. The Hall–Kier alpha value is -4.37. The molecule has 3 heterocycles. The van der Waals surface area contributed by atoms with Crippen molar-refractivity contribution in [1.29, 1.82) is 0 Å². The third-order valence-electron chi connectivity index (χ3n) is 7.36. The van der Waals surface area contributed by atoms with Crippen molar-refractivity contribution in [2.45, 2.75) is 44.6 Å². The zero-order valence-corrected chi connectivity index (χ0v) is 21.8. The molecule has 0 unspecified atom stereocenters. The molecule has 0 bridgehead atoms. The summed E-state index contributed by atoms with van der Waals surface area (Å²) in [6.07, 6.45) is -0.0506. The molecule has 2 atom stereocenters. The molecule has 2 aromatic carbocycles. The number of phenols is 1. The molecule has 8 nitrogen and oxygen atoms in total. The number of primary amides is 1. The van der Waals surface area contributed by atoms with E-state index in [0.29, 0.717) is 39.0 Å². The summed E-state index contributed by atoms with van der Waals surface area (Å²) in [7, 11) is 0. The van der Waals surface area contributed by atoms with Gasteiger partial charge in [0.15, 0.2) is 5.78 Å². The van der Waals surface area contributed by atoms with Gasteiger partial charge < -0.3 is 20.7 Å². The lowest BCUT2D eigenvalue weighted by Crippen LogP contribution is -2.40. The maximum Gasteiger partial charge on any atom is 0.231 e. The van der Waals surface area contributed by atoms with E-state index < -0.39 is 22.7 Å². The van der Waals surface area contributed by atoms with Gasteiger partial charge in [-0.2, -0.15) is 0 Å². The van der Waals surface area contributed by atoms with Gasteiger partial charge in [0.05, 0.1) is 5.69 Å². The molecule has 1 amide bonds. The van der Waals surface area contributed by atoms with Gasteiger partial charge in [-0.15, -0.1) is 0 Å². The SMILES string of the molecule is Cc1ccc2cc(C(=O)CC[C@](C)(O)c3cc4c(c(-c5ccc(F)cc5)n3)OC[C@]4(C)C(N)=O)cc(O)c2n1. The molecule has 39 heavy (non-hydrogen) atoms. The van der Waals surface area contributed by atoms with Gasteiger partial charge in [-0.25, -0.2) is 14.4 Å². The summed E-state index contributed by atoms with van der Waals surface area (Å²) in [6, 6.07) is 13.8. The number of amides is 1. The lowest BCUT2D eigenvalue weighted by atomic mass is 9.81. The number of rotatable bonds is 7. The summed E-state index contributed by atoms with van der Waals surface area (Å²) >= 11 is 0. The maximum atomic E-state index is 13.6. The monoisotopic (exact) mass is 529 g/mol. The van der Waals surface area contributed by atoms with Gasteiger partial charge in [-0.05, 0) is 75.7 Å². The molecular weight excluding hydrogens is 501 g/mol. The van der Waals surface area contributed by atoms with Crippen molar-refractivity contribution in [2.24, 2.45) is 5.73 Å². The lowest BCUT2D eigenvalue weighted by molar-refractivity contribution is -0.123. The number of aliphatic hydroxyl groups is 1. The van der Waals surface area contributed by atoms with Crippen molar-refractivity contribution >= 4 is 22.6 Å². The standard InChI is InChI=1S/C30H28FN3O5/c1-16-4-5-18-12-19(13-23(36)25(18)33-16)22(35)10-11-30(3,38)24-14-21-27(39-15-29(21,2)28(32)37)26(34-24)17-6-8-20(31)9-7-17/h4-9,12-14,36,38H,10-11,15H2,1-3H3,(H2,32,37)/t29-,30-/m0/s1. The molecule has 2 aromatic heterocycles. The van der Waals surface area contributed by atoms with Gasteiger partial charge in [0.25, 0.3) is 0 Å². The predicted molar refractivity (Wildman–Crippen MR) is 143 cm³/mol. The summed E-state index contributed by atoms with van der Waals surface area (Å²) < 4.78 is 19.5. The van der Waals surface area contributed by atoms with Crippen molar-refractivity contribution in [3.63, 3.8) is 0 Å². The number of nitrogens with two attached hydrogens (primary N) is 1. The van der Waals surface area contributed by atoms with Crippen LogP contribution in [0.2, 0.25) is 0 Å². The van der Waals surface area contributed by atoms with Gasteiger partial charge >= 0.3 is 0 Å². The van der Waals surface area contributed by atoms with E-state index in [0.717, 1.165) is 5.69 Å². The van der Waals surface area contributed by atoms with E-state index in [1.807, 2.05) is 6.92 Å². The molecule has 0 radical (unpaired) electrons. The Morgan fingerprint density at radius 2 is 1.85 bits per heavy atom. The number of aromatic nitrogens is 2. The average molecular weight is 530 g/mol. The van der Waals surface area contributed by atoms with Crippen LogP contribution in [0.5, 0.6) is 11.5 Å². The first-order valence-corrected chi connectivity index (χ1v) is 12.5. The molecule has 0 saturated carbocycles. The quantitative estimate of drug-likeness (QED) is 0.301. The number of carbonyl (C=O) groups excluding carboxylic acids is 2. The highest BCUT2D eigenvalue weighted by Crippen LogP contribution is 2.46. The summed E-state index contributed by atoms with van der Waals surface area (Å²) in [6.45, 7) is 5.00. The number of fused-ring (bicyclic) bond motifs is 2. The van der Waals surface area contributed by atoms with E-state index in [9.17, 15) is 24.2 Å². The molecule has 4 N–H and O–H groups in total. The van der Waals surface area contributed by atoms with Crippen LogP contribution < -0.4 is 10.5 Å². The fourth-order valence-corrected chi connectivity index (χ4v) is 4.77. The number of aryl methyl sites for hydroxylation is 1. The average Bonchev–Trinajstić information content (AvgIpc) is 3.25. The Morgan fingerprint density at radius 1 is 1.13 bits per heavy atom. The number of ketones is 1. The zero-order chi connectivity index (χ0) is 28.1. The maximum absolute atomic E-state index is 13.6. The first-order valence-electron chi connectivity index (χ1n) is 12.5. The van der Waals surface area contributed by atoms with E-state index in [4.69, 9.17) is 10.5 Å². The van der Waals surface area contributed by atoms with Crippen molar-refractivity contribution in [3.05, 3.63) is 82.9 Å². The number of Topliss-reactive ketones (excluding diaryl/α,β-unsaturated/α-hetero) is 1. The second-order valence-corrected chi connectivity index (χ2v) is 10.4. The molecular formula is C30H28FN3O5. The first-order chi connectivity index (χ1) is 18.4. The van der Waals surface area contributed by atoms with Crippen LogP contribution in [0.25, 0.3) is 22.2 Å². The van der Waals surface area contributed by atoms with Gasteiger partial charge in [0, 0.05) is 34.2 Å². The topological polar surface area (TPSA) is 136 Å². The van der Waals surface area contributed by atoms with E-state index in [2.05, 4.69) is 9.97 Å². The Balaban J connectivity index is 1.49. The van der Waals surface area contributed by atoms with Crippen LogP contribution in [0.1, 0.15) is 54.0 Å². The van der Waals surface area contributed by atoms with Crippen LogP contribution in [0.3, 0.4) is 0 Å². The number of halogens is 1. The van der Waals surface area contributed by atoms with Gasteiger partial charge in [-0.3, -0.25) is 9.59 Å². The Bertz CT molecular complexity index is 1630. The minimum Gasteiger partial charge on any atom is -0.506 e. The molecule has 1 aliphatic rings. The molecule has 0 spiro atoms. The number of pyridine rings is 2. The fraction of sp³-hybridized carbons (Fsp3) is 0.267. The minimum absolute atomic E-state index is 0.000429. The number of benzene rings is 2. The van der Waals surface area contributed by atoms with E-state index >= 15 is 0 Å². The zero-order valence-electron chi connectivity index (χ0n) is 21.8. The molecule has 0 aliphatic carbocycles. The Kier molecular flexibility index (Phi) is 6.34. The largest absolute Gasteiger partial charge is 0.506 e. The highest BCUT2D eigenvalue weighted by Gasteiger charge is 2.45. The van der Waals surface area contributed by atoms with Crippen molar-refractivity contribution in [2.75, 3.05) is 6.61 Å². The molecule has 4 aromatic rings. The number of aromatic hydroxyl groups is 1. The predicted octanol–water partition coefficient (Wildman–Crippen LogP) is 4.46. The summed E-state index contributed by atoms with van der Waals surface area (Å²) in [4.78, 5) is 34.5. The van der Waals surface area contributed by atoms with Gasteiger partial charge in [-0.1, -0.05) is 6.07 Å². The third kappa shape index (κ3) is 4.70. The van der Waals surface area contributed by atoms with Gasteiger partial charge in [0.1, 0.15) is 46.1 Å². The lowest BCUT2D eigenvalue weighted by Gasteiger charge is -2.26. The van der Waals surface area contributed by atoms with Crippen LogP contribution in [0.15, 0.2) is 54.6 Å². The number of ether oxygens (including phenoxy) is 1. The molecule has 0 saturated heterocycles. The third-order valence-corrected chi connectivity index (χ3v) is 7.36. The van der Waals surface area contributed by atoms with Gasteiger partial charge in [0.2, 0.25) is 5.91 Å². The molecule has 5 rings (SSSR count). The summed E-state index contributed by atoms with van der Waals surface area (Å²) in [5, 5.41) is 22.6. The van der Waals surface area contributed by atoms with Crippen LogP contribution in [0, 0.1) is 12.7 Å². The van der Waals surface area contributed by atoms with Crippen molar-refractivity contribution in [3.8, 4) is 22.8 Å². The first kappa shape index (κ1) is 26.2. The van der Waals surface area contributed by atoms with Crippen molar-refractivity contribution < 1.29 is 28.9 Å². The van der Waals surface area contributed by atoms with E-state index in [-0.39, 0.29) is 36.7 Å². The van der Waals surface area contributed by atoms with Crippen LogP contribution >= 0.6 is 0 Å². The molecule has 200 valence electrons. The second-order valence-electron chi connectivity index (χ2n) is 10.4. The van der Waals surface area contributed by atoms with Crippen LogP contribution in [0.4, 0.5) is 4.39 Å². The number of hydrogen-bond acceptors (Lipinski definition) is 7. The number of nitrogens with zero attached hydrogens (tertiary/aromatic N) is 2. The molecule has 1 aliphatic heterocycles. The van der Waals surface area contributed by atoms with E-state index in [1.165, 1.54) is 37.3 Å². The number of carbonyl (C=O) groups is 2.